The van der Waals surface area contributed by atoms with Crippen LogP contribution in [-0.4, -0.2) is 83.1 Å². The van der Waals surface area contributed by atoms with Crippen LogP contribution in [0.3, 0.4) is 0 Å². The summed E-state index contributed by atoms with van der Waals surface area (Å²) in [6.45, 7) is 1.29. The lowest BCUT2D eigenvalue weighted by Gasteiger charge is -2.37. The fourth-order valence-corrected chi connectivity index (χ4v) is 8.27. The highest BCUT2D eigenvalue weighted by Gasteiger charge is 2.34. The van der Waals surface area contributed by atoms with Gasteiger partial charge < -0.3 is 19.7 Å². The SMILES string of the molecule is COc1ccc(S(=O)(=O)N2CCCCC2COCC(=O)NCC2CCC(C(CCc3ccccc3)N(C)C)CC2)cc1. The average Bonchev–Trinajstić information content (AvgIpc) is 3.01. The molecular weight excluding hydrogens is 550 g/mol. The van der Waals surface area contributed by atoms with Gasteiger partial charge in [-0.15, -0.1) is 0 Å². The zero-order valence-corrected chi connectivity index (χ0v) is 26.4. The van der Waals surface area contributed by atoms with Crippen LogP contribution in [0, 0.1) is 11.8 Å². The van der Waals surface area contributed by atoms with E-state index >= 15 is 0 Å². The molecule has 1 saturated carbocycles. The molecule has 1 N–H and O–H groups in total. The van der Waals surface area contributed by atoms with Gasteiger partial charge in [0.25, 0.3) is 0 Å². The Hall–Kier alpha value is -2.46. The largest absolute Gasteiger partial charge is 0.497 e. The molecule has 2 aromatic carbocycles. The zero-order chi connectivity index (χ0) is 30.0. The number of sulfonamides is 1. The van der Waals surface area contributed by atoms with Crippen molar-refractivity contribution in [1.82, 2.24) is 14.5 Å². The zero-order valence-electron chi connectivity index (χ0n) is 25.5. The summed E-state index contributed by atoms with van der Waals surface area (Å²) in [5.41, 5.74) is 1.40. The van der Waals surface area contributed by atoms with Crippen molar-refractivity contribution in [3.63, 3.8) is 0 Å². The number of ether oxygens (including phenoxy) is 2. The Labute approximate surface area is 252 Å². The van der Waals surface area contributed by atoms with E-state index in [0.29, 0.717) is 36.7 Å². The van der Waals surface area contributed by atoms with Crippen molar-refractivity contribution < 1.29 is 22.7 Å². The molecule has 1 aliphatic heterocycles. The summed E-state index contributed by atoms with van der Waals surface area (Å²) in [5, 5.41) is 3.06. The first kappa shape index (κ1) is 32.5. The van der Waals surface area contributed by atoms with E-state index in [1.54, 1.807) is 31.4 Å². The number of aryl methyl sites for hydroxylation is 1. The number of carbonyl (C=O) groups is 1. The molecule has 1 amide bonds. The van der Waals surface area contributed by atoms with Gasteiger partial charge in [0.05, 0.1) is 18.6 Å². The predicted molar refractivity (Wildman–Crippen MR) is 166 cm³/mol. The maximum Gasteiger partial charge on any atom is 0.246 e. The van der Waals surface area contributed by atoms with E-state index in [0.717, 1.165) is 38.5 Å². The number of nitrogens with zero attached hydrogens (tertiary/aromatic N) is 2. The van der Waals surface area contributed by atoms with Gasteiger partial charge in [0.15, 0.2) is 0 Å². The van der Waals surface area contributed by atoms with E-state index in [-0.39, 0.29) is 30.1 Å². The van der Waals surface area contributed by atoms with E-state index < -0.39 is 10.0 Å². The normalized spacial score (nSPS) is 22.5. The molecular formula is C33H49N3O5S. The van der Waals surface area contributed by atoms with Crippen LogP contribution in [0.5, 0.6) is 5.75 Å². The molecule has 2 aliphatic rings. The van der Waals surface area contributed by atoms with Crippen LogP contribution in [-0.2, 0) is 26.0 Å². The number of methoxy groups -OCH3 is 1. The van der Waals surface area contributed by atoms with Crippen LogP contribution in [0.2, 0.25) is 0 Å². The Balaban J connectivity index is 1.17. The molecule has 42 heavy (non-hydrogen) atoms. The van der Waals surface area contributed by atoms with Gasteiger partial charge in [-0.3, -0.25) is 4.79 Å². The van der Waals surface area contributed by atoms with E-state index in [2.05, 4.69) is 54.6 Å². The van der Waals surface area contributed by atoms with Gasteiger partial charge in [-0.1, -0.05) is 36.8 Å². The van der Waals surface area contributed by atoms with Crippen LogP contribution >= 0.6 is 0 Å². The highest BCUT2D eigenvalue weighted by atomic mass is 32.2. The third kappa shape index (κ3) is 9.02. The number of nitrogens with one attached hydrogen (secondary N) is 1. The van der Waals surface area contributed by atoms with Gasteiger partial charge in [-0.2, -0.15) is 4.31 Å². The second-order valence-corrected chi connectivity index (χ2v) is 14.0. The number of rotatable bonds is 14. The summed E-state index contributed by atoms with van der Waals surface area (Å²) >= 11 is 0. The van der Waals surface area contributed by atoms with Crippen LogP contribution < -0.4 is 10.1 Å². The number of amides is 1. The minimum Gasteiger partial charge on any atom is -0.497 e. The topological polar surface area (TPSA) is 88.2 Å². The van der Waals surface area contributed by atoms with Crippen molar-refractivity contribution in [2.75, 3.05) is 47.5 Å². The van der Waals surface area contributed by atoms with E-state index in [1.165, 1.54) is 29.1 Å². The summed E-state index contributed by atoms with van der Waals surface area (Å²) in [5.74, 6) is 1.66. The molecule has 4 rings (SSSR count). The molecule has 1 heterocycles. The van der Waals surface area contributed by atoms with Crippen molar-refractivity contribution >= 4 is 15.9 Å². The molecule has 0 spiro atoms. The first-order valence-electron chi connectivity index (χ1n) is 15.5. The quantitative estimate of drug-likeness (QED) is 0.338. The maximum atomic E-state index is 13.3. The van der Waals surface area contributed by atoms with E-state index in [9.17, 15) is 13.2 Å². The second-order valence-electron chi connectivity index (χ2n) is 12.1. The smallest absolute Gasteiger partial charge is 0.246 e. The molecule has 0 bridgehead atoms. The van der Waals surface area contributed by atoms with Gasteiger partial charge in [0.2, 0.25) is 15.9 Å². The van der Waals surface area contributed by atoms with Crippen molar-refractivity contribution in [1.29, 1.82) is 0 Å². The summed E-state index contributed by atoms with van der Waals surface area (Å²) in [6, 6.07) is 17.5. The summed E-state index contributed by atoms with van der Waals surface area (Å²) in [7, 11) is 2.30. The highest BCUT2D eigenvalue weighted by molar-refractivity contribution is 7.89. The maximum absolute atomic E-state index is 13.3. The van der Waals surface area contributed by atoms with Crippen molar-refractivity contribution in [2.45, 2.75) is 74.8 Å². The molecule has 9 heteroatoms. The van der Waals surface area contributed by atoms with Crippen LogP contribution in [0.15, 0.2) is 59.5 Å². The summed E-state index contributed by atoms with van der Waals surface area (Å²) < 4.78 is 39.1. The molecule has 8 nitrogen and oxygen atoms in total. The van der Waals surface area contributed by atoms with Gasteiger partial charge in [-0.05, 0) is 107 Å². The standard InChI is InChI=1S/C33H49N3O5S/c1-35(2)32(21-14-26-9-5-4-6-10-26)28-15-12-27(13-16-28)23-34-33(37)25-41-24-29-11-7-8-22-36(29)42(38,39)31-19-17-30(40-3)18-20-31/h4-6,9-10,17-20,27-29,32H,7-8,11-16,21-25H2,1-3H3,(H,34,37). The average molecular weight is 600 g/mol. The molecule has 232 valence electrons. The fraction of sp³-hybridized carbons (Fsp3) is 0.606. The molecule has 1 saturated heterocycles. The fourth-order valence-electron chi connectivity index (χ4n) is 6.59. The Morgan fingerprint density at radius 2 is 1.71 bits per heavy atom. The molecule has 1 aliphatic carbocycles. The number of piperidine rings is 1. The minimum atomic E-state index is -3.65. The lowest BCUT2D eigenvalue weighted by molar-refractivity contribution is -0.126. The molecule has 0 aromatic heterocycles. The Kier molecular flexibility index (Phi) is 12.2. The van der Waals surface area contributed by atoms with E-state index in [1.807, 2.05) is 0 Å². The van der Waals surface area contributed by atoms with Gasteiger partial charge in [0, 0.05) is 25.2 Å². The first-order valence-corrected chi connectivity index (χ1v) is 16.9. The van der Waals surface area contributed by atoms with Gasteiger partial charge in [-0.25, -0.2) is 8.42 Å². The van der Waals surface area contributed by atoms with Crippen molar-refractivity contribution in [2.24, 2.45) is 11.8 Å². The number of hydrogen-bond donors (Lipinski definition) is 1. The van der Waals surface area contributed by atoms with Crippen molar-refractivity contribution in [3.05, 3.63) is 60.2 Å². The minimum absolute atomic E-state index is 0.0511. The predicted octanol–water partition coefficient (Wildman–Crippen LogP) is 4.74. The van der Waals surface area contributed by atoms with Gasteiger partial charge in [0.1, 0.15) is 12.4 Å². The lowest BCUT2D eigenvalue weighted by Crippen LogP contribution is -2.46. The lowest BCUT2D eigenvalue weighted by atomic mass is 9.76. The molecule has 2 unspecified atom stereocenters. The number of hydrogen-bond acceptors (Lipinski definition) is 6. The van der Waals surface area contributed by atoms with Crippen LogP contribution in [0.4, 0.5) is 0 Å². The second kappa shape index (κ2) is 15.8. The Morgan fingerprint density at radius 1 is 1.00 bits per heavy atom. The summed E-state index contributed by atoms with van der Waals surface area (Å²) in [4.78, 5) is 15.2. The first-order chi connectivity index (χ1) is 20.3. The third-order valence-electron chi connectivity index (χ3n) is 9.04. The summed E-state index contributed by atoms with van der Waals surface area (Å²) in [6.07, 6.45) is 9.38. The van der Waals surface area contributed by atoms with Crippen LogP contribution in [0.25, 0.3) is 0 Å². The molecule has 2 aromatic rings. The Morgan fingerprint density at radius 3 is 2.38 bits per heavy atom. The van der Waals surface area contributed by atoms with E-state index in [4.69, 9.17) is 9.47 Å². The third-order valence-corrected chi connectivity index (χ3v) is 11.0. The van der Waals surface area contributed by atoms with Gasteiger partial charge >= 0.3 is 0 Å². The molecule has 0 radical (unpaired) electrons. The Bertz CT molecular complexity index is 1200. The van der Waals surface area contributed by atoms with Crippen LogP contribution in [0.1, 0.15) is 56.9 Å². The molecule has 2 atom stereocenters. The highest BCUT2D eigenvalue weighted by Crippen LogP contribution is 2.33. The van der Waals surface area contributed by atoms with Crippen molar-refractivity contribution in [3.8, 4) is 5.75 Å². The number of carbonyl (C=O) groups excluding carboxylic acids is 1. The molecule has 2 fully saturated rings. The number of benzene rings is 2. The monoisotopic (exact) mass is 599 g/mol.